The van der Waals surface area contributed by atoms with Crippen LogP contribution in [-0.4, -0.2) is 13.1 Å². The standard InChI is InChI=1S/C14H16O2/c1-3-4-12(14(15)16-2)9-13-8-10-5-6-11(13)7-10/h1,5-6,8,10-12H,4,7,9H2,2H3. The minimum atomic E-state index is -0.189. The lowest BCUT2D eigenvalue weighted by atomic mass is 9.90. The van der Waals surface area contributed by atoms with E-state index in [0.29, 0.717) is 18.3 Å². The summed E-state index contributed by atoms with van der Waals surface area (Å²) in [7, 11) is 1.42. The number of hydrogen-bond acceptors (Lipinski definition) is 2. The third kappa shape index (κ3) is 2.04. The van der Waals surface area contributed by atoms with Crippen LogP contribution in [0.25, 0.3) is 0 Å². The molecule has 0 radical (unpaired) electrons. The molecule has 2 heteroatoms. The molecule has 2 aliphatic rings. The summed E-state index contributed by atoms with van der Waals surface area (Å²) in [6.07, 6.45) is 14.4. The second-order valence-corrected chi connectivity index (χ2v) is 4.46. The zero-order valence-corrected chi connectivity index (χ0v) is 9.48. The molecule has 0 N–H and O–H groups in total. The van der Waals surface area contributed by atoms with Crippen molar-refractivity contribution < 1.29 is 9.53 Å². The van der Waals surface area contributed by atoms with Gasteiger partial charge in [-0.15, -0.1) is 12.3 Å². The number of hydrogen-bond donors (Lipinski definition) is 0. The first-order valence-electron chi connectivity index (χ1n) is 5.64. The molecular formula is C14H16O2. The molecule has 2 rings (SSSR count). The first kappa shape index (κ1) is 11.0. The molecule has 2 aliphatic carbocycles. The Morgan fingerprint density at radius 1 is 1.69 bits per heavy atom. The van der Waals surface area contributed by atoms with Crippen LogP contribution in [0, 0.1) is 30.1 Å². The third-order valence-corrected chi connectivity index (χ3v) is 3.40. The maximum atomic E-state index is 11.5. The molecule has 3 atom stereocenters. The molecule has 3 unspecified atom stereocenters. The van der Waals surface area contributed by atoms with Crippen LogP contribution in [0.15, 0.2) is 23.8 Å². The molecule has 0 aromatic carbocycles. The van der Waals surface area contributed by atoms with Crippen LogP contribution in [0.4, 0.5) is 0 Å². The molecule has 84 valence electrons. The van der Waals surface area contributed by atoms with Crippen molar-refractivity contribution in [1.82, 2.24) is 0 Å². The van der Waals surface area contributed by atoms with E-state index in [2.05, 4.69) is 24.1 Å². The average molecular weight is 216 g/mol. The highest BCUT2D eigenvalue weighted by Gasteiger charge is 2.31. The van der Waals surface area contributed by atoms with Crippen molar-refractivity contribution in [3.05, 3.63) is 23.8 Å². The van der Waals surface area contributed by atoms with Gasteiger partial charge < -0.3 is 4.74 Å². The molecule has 16 heavy (non-hydrogen) atoms. The van der Waals surface area contributed by atoms with Crippen LogP contribution < -0.4 is 0 Å². The molecular weight excluding hydrogens is 200 g/mol. The van der Waals surface area contributed by atoms with Crippen molar-refractivity contribution in [2.75, 3.05) is 7.11 Å². The van der Waals surface area contributed by atoms with Gasteiger partial charge in [0.25, 0.3) is 0 Å². The third-order valence-electron chi connectivity index (χ3n) is 3.40. The van der Waals surface area contributed by atoms with Crippen LogP contribution in [0.3, 0.4) is 0 Å². The van der Waals surface area contributed by atoms with E-state index in [1.165, 1.54) is 19.1 Å². The van der Waals surface area contributed by atoms with Gasteiger partial charge in [0.1, 0.15) is 0 Å². The van der Waals surface area contributed by atoms with E-state index < -0.39 is 0 Å². The molecule has 0 spiro atoms. The number of carbonyl (C=O) groups is 1. The van der Waals surface area contributed by atoms with Crippen LogP contribution in [0.5, 0.6) is 0 Å². The van der Waals surface area contributed by atoms with Gasteiger partial charge in [-0.05, 0) is 24.7 Å². The number of carbonyl (C=O) groups excluding carboxylic acids is 1. The fourth-order valence-electron chi connectivity index (χ4n) is 2.58. The van der Waals surface area contributed by atoms with Gasteiger partial charge in [-0.3, -0.25) is 4.79 Å². The van der Waals surface area contributed by atoms with Crippen LogP contribution >= 0.6 is 0 Å². The number of ether oxygens (including phenoxy) is 1. The average Bonchev–Trinajstić information content (AvgIpc) is 2.89. The lowest BCUT2D eigenvalue weighted by Gasteiger charge is -2.16. The Balaban J connectivity index is 1.99. The Morgan fingerprint density at radius 2 is 2.50 bits per heavy atom. The van der Waals surface area contributed by atoms with Gasteiger partial charge in [0.05, 0.1) is 13.0 Å². The summed E-state index contributed by atoms with van der Waals surface area (Å²) >= 11 is 0. The lowest BCUT2D eigenvalue weighted by Crippen LogP contribution is -2.17. The predicted octanol–water partition coefficient (Wildman–Crippen LogP) is 2.32. The number of terminal acetylenes is 1. The first-order chi connectivity index (χ1) is 7.74. The maximum Gasteiger partial charge on any atom is 0.309 e. The van der Waals surface area contributed by atoms with E-state index in [4.69, 9.17) is 11.2 Å². The minimum absolute atomic E-state index is 0.172. The summed E-state index contributed by atoms with van der Waals surface area (Å²) in [5, 5.41) is 0. The van der Waals surface area contributed by atoms with Crippen molar-refractivity contribution in [2.45, 2.75) is 19.3 Å². The maximum absolute atomic E-state index is 11.5. The normalized spacial score (nSPS) is 27.4. The summed E-state index contributed by atoms with van der Waals surface area (Å²) in [6, 6.07) is 0. The first-order valence-corrected chi connectivity index (χ1v) is 5.64. The highest BCUT2D eigenvalue weighted by molar-refractivity contribution is 5.73. The van der Waals surface area contributed by atoms with Gasteiger partial charge in [0.2, 0.25) is 0 Å². The summed E-state index contributed by atoms with van der Waals surface area (Å²) in [4.78, 5) is 11.5. The Morgan fingerprint density at radius 3 is 3.00 bits per heavy atom. The van der Waals surface area contributed by atoms with Crippen molar-refractivity contribution in [2.24, 2.45) is 17.8 Å². The molecule has 0 saturated carbocycles. The summed E-state index contributed by atoms with van der Waals surface area (Å²) in [5.74, 6) is 3.32. The zero-order chi connectivity index (χ0) is 11.5. The lowest BCUT2D eigenvalue weighted by molar-refractivity contribution is -0.145. The predicted molar refractivity (Wildman–Crippen MR) is 62.4 cm³/mol. The second kappa shape index (κ2) is 4.57. The summed E-state index contributed by atoms with van der Waals surface area (Å²) in [5.41, 5.74) is 1.36. The van der Waals surface area contributed by atoms with E-state index in [1.807, 2.05) is 0 Å². The molecule has 0 aromatic heterocycles. The molecule has 2 nitrogen and oxygen atoms in total. The van der Waals surface area contributed by atoms with Gasteiger partial charge in [-0.2, -0.15) is 0 Å². The van der Waals surface area contributed by atoms with E-state index >= 15 is 0 Å². The number of fused-ring (bicyclic) bond motifs is 2. The largest absolute Gasteiger partial charge is 0.469 e. The minimum Gasteiger partial charge on any atom is -0.469 e. The fourth-order valence-corrected chi connectivity index (χ4v) is 2.58. The van der Waals surface area contributed by atoms with Gasteiger partial charge in [-0.1, -0.05) is 23.8 Å². The quantitative estimate of drug-likeness (QED) is 0.409. The Bertz CT molecular complexity index is 384. The van der Waals surface area contributed by atoms with Gasteiger partial charge in [0.15, 0.2) is 0 Å². The molecule has 0 saturated heterocycles. The van der Waals surface area contributed by atoms with E-state index in [-0.39, 0.29) is 11.9 Å². The van der Waals surface area contributed by atoms with E-state index in [9.17, 15) is 4.79 Å². The highest BCUT2D eigenvalue weighted by Crippen LogP contribution is 2.41. The highest BCUT2D eigenvalue weighted by atomic mass is 16.5. The van der Waals surface area contributed by atoms with Crippen molar-refractivity contribution in [3.63, 3.8) is 0 Å². The Kier molecular flexibility index (Phi) is 3.14. The molecule has 0 aromatic rings. The van der Waals surface area contributed by atoms with Gasteiger partial charge >= 0.3 is 5.97 Å². The fraction of sp³-hybridized carbons (Fsp3) is 0.500. The number of methoxy groups -OCH3 is 1. The monoisotopic (exact) mass is 216 g/mol. The number of allylic oxidation sites excluding steroid dienone is 4. The SMILES string of the molecule is C#CCC(CC1=CC2C=CC1C2)C(=O)OC. The Labute approximate surface area is 96.4 Å². The van der Waals surface area contributed by atoms with Crippen LogP contribution in [-0.2, 0) is 9.53 Å². The molecule has 0 aliphatic heterocycles. The van der Waals surface area contributed by atoms with Crippen LogP contribution in [0.1, 0.15) is 19.3 Å². The number of esters is 1. The van der Waals surface area contributed by atoms with E-state index in [0.717, 1.165) is 6.42 Å². The smallest absolute Gasteiger partial charge is 0.309 e. The van der Waals surface area contributed by atoms with Crippen molar-refractivity contribution in [3.8, 4) is 12.3 Å². The Hall–Kier alpha value is -1.49. The molecule has 0 fully saturated rings. The molecule has 0 amide bonds. The molecule has 2 bridgehead atoms. The van der Waals surface area contributed by atoms with Crippen LogP contribution in [0.2, 0.25) is 0 Å². The van der Waals surface area contributed by atoms with Gasteiger partial charge in [0, 0.05) is 6.42 Å². The topological polar surface area (TPSA) is 26.3 Å². The summed E-state index contributed by atoms with van der Waals surface area (Å²) in [6.45, 7) is 0. The van der Waals surface area contributed by atoms with Gasteiger partial charge in [-0.25, -0.2) is 0 Å². The molecule has 0 heterocycles. The zero-order valence-electron chi connectivity index (χ0n) is 9.48. The summed E-state index contributed by atoms with van der Waals surface area (Å²) < 4.78 is 4.78. The van der Waals surface area contributed by atoms with E-state index in [1.54, 1.807) is 0 Å². The van der Waals surface area contributed by atoms with Crippen molar-refractivity contribution in [1.29, 1.82) is 0 Å². The second-order valence-electron chi connectivity index (χ2n) is 4.46. The number of rotatable bonds is 4. The van der Waals surface area contributed by atoms with Crippen molar-refractivity contribution >= 4 is 5.97 Å².